The molecule has 0 unspecified atom stereocenters. The van der Waals surface area contributed by atoms with Gasteiger partial charge in [0.15, 0.2) is 0 Å². The maximum absolute atomic E-state index is 13.8. The fraction of sp³-hybridized carbons (Fsp3) is 0.481. The molecule has 1 saturated carbocycles. The van der Waals surface area contributed by atoms with Gasteiger partial charge in [-0.2, -0.15) is 0 Å². The van der Waals surface area contributed by atoms with Crippen LogP contribution >= 0.6 is 23.2 Å². The van der Waals surface area contributed by atoms with Crippen molar-refractivity contribution in [2.24, 2.45) is 0 Å². The van der Waals surface area contributed by atoms with E-state index < -0.39 is 28.5 Å². The van der Waals surface area contributed by atoms with E-state index >= 15 is 0 Å². The van der Waals surface area contributed by atoms with Crippen LogP contribution in [0.5, 0.6) is 0 Å². The lowest BCUT2D eigenvalue weighted by Crippen LogP contribution is -2.53. The van der Waals surface area contributed by atoms with Crippen molar-refractivity contribution in [2.75, 3.05) is 17.1 Å². The fourth-order valence-electron chi connectivity index (χ4n) is 4.59. The van der Waals surface area contributed by atoms with E-state index in [0.29, 0.717) is 26.9 Å². The van der Waals surface area contributed by atoms with E-state index in [9.17, 15) is 18.0 Å². The van der Waals surface area contributed by atoms with Crippen LogP contribution in [-0.2, 0) is 26.2 Å². The summed E-state index contributed by atoms with van der Waals surface area (Å²) in [6.07, 6.45) is 6.12. The van der Waals surface area contributed by atoms with Gasteiger partial charge in [-0.25, -0.2) is 8.42 Å². The largest absolute Gasteiger partial charge is 0.352 e. The molecular weight excluding hydrogens is 533 g/mol. The molecule has 1 aliphatic carbocycles. The molecule has 202 valence electrons. The van der Waals surface area contributed by atoms with Gasteiger partial charge in [0, 0.05) is 28.2 Å². The number of aryl methyl sites for hydroxylation is 2. The third-order valence-corrected chi connectivity index (χ3v) is 8.66. The van der Waals surface area contributed by atoms with E-state index in [-0.39, 0.29) is 18.5 Å². The predicted molar refractivity (Wildman–Crippen MR) is 150 cm³/mol. The number of hydrogen-bond acceptors (Lipinski definition) is 4. The summed E-state index contributed by atoms with van der Waals surface area (Å²) in [5.41, 5.74) is 2.49. The number of benzene rings is 2. The van der Waals surface area contributed by atoms with Crippen molar-refractivity contribution in [1.29, 1.82) is 0 Å². The Hall–Kier alpha value is -2.29. The van der Waals surface area contributed by atoms with Crippen LogP contribution in [0.2, 0.25) is 10.0 Å². The van der Waals surface area contributed by atoms with E-state index in [1.54, 1.807) is 38.1 Å². The number of carbonyl (C=O) groups excluding carboxylic acids is 2. The van der Waals surface area contributed by atoms with Crippen LogP contribution in [0.1, 0.15) is 55.7 Å². The van der Waals surface area contributed by atoms with Crippen LogP contribution in [-0.4, -0.2) is 50.0 Å². The molecule has 0 aromatic heterocycles. The minimum Gasteiger partial charge on any atom is -0.352 e. The van der Waals surface area contributed by atoms with Gasteiger partial charge in [0.2, 0.25) is 21.8 Å². The average molecular weight is 569 g/mol. The molecule has 2 aromatic carbocycles. The summed E-state index contributed by atoms with van der Waals surface area (Å²) in [6, 6.07) is 9.64. The Morgan fingerprint density at radius 3 is 2.27 bits per heavy atom. The number of amides is 2. The third kappa shape index (κ3) is 7.62. The molecule has 0 bridgehead atoms. The highest BCUT2D eigenvalue weighted by Gasteiger charge is 2.32. The molecular formula is C27H35Cl2N3O4S. The Bertz CT molecular complexity index is 1230. The first-order chi connectivity index (χ1) is 17.4. The molecule has 10 heteroatoms. The molecule has 0 saturated heterocycles. The molecule has 1 atom stereocenters. The van der Waals surface area contributed by atoms with Gasteiger partial charge in [0.1, 0.15) is 12.6 Å². The first-order valence-electron chi connectivity index (χ1n) is 12.5. The number of hydrogen-bond donors (Lipinski definition) is 1. The minimum absolute atomic E-state index is 0.0407. The van der Waals surface area contributed by atoms with Gasteiger partial charge in [-0.15, -0.1) is 0 Å². The number of nitrogens with one attached hydrogen (secondary N) is 1. The molecule has 0 spiro atoms. The molecule has 37 heavy (non-hydrogen) atoms. The van der Waals surface area contributed by atoms with Crippen LogP contribution in [0.4, 0.5) is 5.69 Å². The van der Waals surface area contributed by atoms with Gasteiger partial charge < -0.3 is 10.2 Å². The molecule has 0 heterocycles. The number of sulfonamides is 1. The topological polar surface area (TPSA) is 86.8 Å². The Labute approximate surface area is 230 Å². The van der Waals surface area contributed by atoms with E-state index in [1.807, 2.05) is 19.1 Å². The van der Waals surface area contributed by atoms with Crippen molar-refractivity contribution in [3.05, 3.63) is 63.1 Å². The summed E-state index contributed by atoms with van der Waals surface area (Å²) in [4.78, 5) is 28.4. The quantitative estimate of drug-likeness (QED) is 0.448. The van der Waals surface area contributed by atoms with Crippen molar-refractivity contribution < 1.29 is 18.0 Å². The van der Waals surface area contributed by atoms with Gasteiger partial charge in [0.05, 0.1) is 11.9 Å². The van der Waals surface area contributed by atoms with Gasteiger partial charge in [-0.05, 0) is 62.9 Å². The van der Waals surface area contributed by atoms with Gasteiger partial charge in [-0.3, -0.25) is 13.9 Å². The first-order valence-corrected chi connectivity index (χ1v) is 15.1. The molecule has 1 N–H and O–H groups in total. The summed E-state index contributed by atoms with van der Waals surface area (Å²) in [7, 11) is -3.81. The molecule has 2 aromatic rings. The number of halogens is 2. The van der Waals surface area contributed by atoms with Crippen LogP contribution in [0, 0.1) is 13.8 Å². The van der Waals surface area contributed by atoms with E-state index in [0.717, 1.165) is 48.2 Å². The zero-order valence-electron chi connectivity index (χ0n) is 21.8. The monoisotopic (exact) mass is 567 g/mol. The zero-order chi connectivity index (χ0) is 27.3. The van der Waals surface area contributed by atoms with Crippen LogP contribution in [0.3, 0.4) is 0 Å². The molecule has 7 nitrogen and oxygen atoms in total. The lowest BCUT2D eigenvalue weighted by atomic mass is 9.95. The third-order valence-electron chi connectivity index (χ3n) is 6.82. The van der Waals surface area contributed by atoms with E-state index in [4.69, 9.17) is 23.2 Å². The van der Waals surface area contributed by atoms with Crippen molar-refractivity contribution >= 4 is 50.7 Å². The van der Waals surface area contributed by atoms with Crippen molar-refractivity contribution in [2.45, 2.75) is 71.5 Å². The number of rotatable bonds is 9. The molecule has 3 rings (SSSR count). The van der Waals surface area contributed by atoms with Gasteiger partial charge in [-0.1, -0.05) is 60.7 Å². The maximum Gasteiger partial charge on any atom is 0.244 e. The Kier molecular flexibility index (Phi) is 9.89. The highest BCUT2D eigenvalue weighted by Crippen LogP contribution is 2.28. The van der Waals surface area contributed by atoms with Gasteiger partial charge in [0.25, 0.3) is 0 Å². The minimum atomic E-state index is -3.81. The number of nitrogens with zero attached hydrogens (tertiary/aromatic N) is 2. The van der Waals surface area contributed by atoms with Gasteiger partial charge >= 0.3 is 0 Å². The normalized spacial score (nSPS) is 15.2. The summed E-state index contributed by atoms with van der Waals surface area (Å²) < 4.78 is 26.7. The van der Waals surface area contributed by atoms with Crippen LogP contribution < -0.4 is 9.62 Å². The standard InChI is InChI=1S/C27H35Cl2N3O4S/c1-18-13-14-19(2)25(15-18)32(37(4,35)36)17-26(33)31(16-22-23(28)11-8-12-24(22)29)20(3)27(34)30-21-9-6-5-7-10-21/h8,11-15,20-21H,5-7,9-10,16-17H2,1-4H3,(H,30,34)/t20-/m1/s1. The molecule has 0 radical (unpaired) electrons. The SMILES string of the molecule is Cc1ccc(C)c(N(CC(=O)N(Cc2c(Cl)cccc2Cl)[C@H](C)C(=O)NC2CCCCC2)S(C)(=O)=O)c1. The second-order valence-corrected chi connectivity index (χ2v) is 12.5. The summed E-state index contributed by atoms with van der Waals surface area (Å²) in [5.74, 6) is -0.824. The molecule has 1 fully saturated rings. The highest BCUT2D eigenvalue weighted by atomic mass is 35.5. The zero-order valence-corrected chi connectivity index (χ0v) is 24.1. The van der Waals surface area contributed by atoms with Crippen LogP contribution in [0.25, 0.3) is 0 Å². The molecule has 0 aliphatic heterocycles. The fourth-order valence-corrected chi connectivity index (χ4v) is 6.00. The Morgan fingerprint density at radius 2 is 1.68 bits per heavy atom. The second kappa shape index (κ2) is 12.5. The van der Waals surface area contributed by atoms with E-state index in [1.165, 1.54) is 4.90 Å². The predicted octanol–water partition coefficient (Wildman–Crippen LogP) is 5.24. The van der Waals surface area contributed by atoms with E-state index in [2.05, 4.69) is 5.32 Å². The first kappa shape index (κ1) is 29.3. The highest BCUT2D eigenvalue weighted by molar-refractivity contribution is 7.92. The molecule has 2 amide bonds. The summed E-state index contributed by atoms with van der Waals surface area (Å²) in [5, 5.41) is 3.79. The summed E-state index contributed by atoms with van der Waals surface area (Å²) >= 11 is 12.8. The lowest BCUT2D eigenvalue weighted by Gasteiger charge is -2.33. The van der Waals surface area contributed by atoms with Crippen molar-refractivity contribution in [1.82, 2.24) is 10.2 Å². The smallest absolute Gasteiger partial charge is 0.244 e. The number of carbonyl (C=O) groups is 2. The average Bonchev–Trinajstić information content (AvgIpc) is 2.83. The van der Waals surface area contributed by atoms with Crippen molar-refractivity contribution in [3.63, 3.8) is 0 Å². The maximum atomic E-state index is 13.8. The Morgan fingerprint density at radius 1 is 1.05 bits per heavy atom. The lowest BCUT2D eigenvalue weighted by molar-refractivity contribution is -0.139. The Balaban J connectivity index is 1.95. The van der Waals surface area contributed by atoms with Crippen molar-refractivity contribution in [3.8, 4) is 0 Å². The summed E-state index contributed by atoms with van der Waals surface area (Å²) in [6.45, 7) is 4.78. The second-order valence-electron chi connectivity index (χ2n) is 9.80. The van der Waals surface area contributed by atoms with Crippen LogP contribution in [0.15, 0.2) is 36.4 Å². The number of anilines is 1. The molecule has 1 aliphatic rings.